The van der Waals surface area contributed by atoms with Crippen molar-refractivity contribution >= 4 is 64.7 Å². The first kappa shape index (κ1) is 32.5. The van der Waals surface area contributed by atoms with Crippen molar-refractivity contribution in [3.63, 3.8) is 0 Å². The largest absolute Gasteiger partial charge is 0.436 e. The summed E-state index contributed by atoms with van der Waals surface area (Å²) in [6.07, 6.45) is 0. The van der Waals surface area contributed by atoms with Gasteiger partial charge in [-0.25, -0.2) is 9.97 Å². The van der Waals surface area contributed by atoms with Gasteiger partial charge in [-0.15, -0.1) is 11.3 Å². The molecule has 0 unspecified atom stereocenters. The zero-order valence-corrected chi connectivity index (χ0v) is 31.7. The number of nitrogens with zero attached hydrogens (tertiary/aromatic N) is 2. The molecule has 0 aliphatic heterocycles. The van der Waals surface area contributed by atoms with Crippen LogP contribution in [0.5, 0.6) is 0 Å². The zero-order valence-electron chi connectivity index (χ0n) is 30.9. The summed E-state index contributed by atoms with van der Waals surface area (Å²) in [4.78, 5) is 10.1. The molecule has 0 saturated heterocycles. The molecule has 0 spiro atoms. The average molecular weight is 735 g/mol. The van der Waals surface area contributed by atoms with Crippen molar-refractivity contribution in [1.82, 2.24) is 9.97 Å². The lowest BCUT2D eigenvalue weighted by molar-refractivity contribution is 0.655. The molecular weight excluding hydrogens is 701 g/mol. The average Bonchev–Trinajstić information content (AvgIpc) is 3.80. The van der Waals surface area contributed by atoms with Gasteiger partial charge in [0.2, 0.25) is 5.71 Å². The van der Waals surface area contributed by atoms with Crippen molar-refractivity contribution in [2.24, 2.45) is 0 Å². The van der Waals surface area contributed by atoms with E-state index in [0.29, 0.717) is 5.71 Å². The van der Waals surface area contributed by atoms with E-state index in [0.717, 1.165) is 49.8 Å². The quantitative estimate of drug-likeness (QED) is 0.177. The van der Waals surface area contributed by atoms with E-state index in [2.05, 4.69) is 178 Å². The molecule has 56 heavy (non-hydrogen) atoms. The van der Waals surface area contributed by atoms with Crippen LogP contribution in [-0.4, -0.2) is 9.97 Å². The number of aromatic nitrogens is 2. The van der Waals surface area contributed by atoms with Crippen molar-refractivity contribution in [3.05, 3.63) is 181 Å². The summed E-state index contributed by atoms with van der Waals surface area (Å²) in [5.41, 5.74) is 18.2. The van der Waals surface area contributed by atoms with Crippen LogP contribution in [0.25, 0.3) is 109 Å². The molecule has 0 N–H and O–H groups in total. The van der Waals surface area contributed by atoms with Gasteiger partial charge in [0.25, 0.3) is 0 Å². The highest BCUT2D eigenvalue weighted by Crippen LogP contribution is 2.41. The maximum Gasteiger partial charge on any atom is 0.246 e. The first-order valence-electron chi connectivity index (χ1n) is 19.0. The fourth-order valence-corrected chi connectivity index (χ4v) is 9.61. The zero-order chi connectivity index (χ0) is 37.3. The summed E-state index contributed by atoms with van der Waals surface area (Å²) >= 11 is 1.86. The molecule has 3 heterocycles. The Bertz CT molecular complexity index is 3350. The maximum atomic E-state index is 6.29. The number of aryl methyl sites for hydroxylation is 1. The minimum absolute atomic E-state index is 0.550. The minimum atomic E-state index is 0.550. The molecule has 0 fully saturated rings. The van der Waals surface area contributed by atoms with Gasteiger partial charge < -0.3 is 4.42 Å². The Balaban J connectivity index is 0.966. The molecule has 3 nitrogen and oxygen atoms in total. The van der Waals surface area contributed by atoms with Gasteiger partial charge in [-0.1, -0.05) is 127 Å². The predicted octanol–water partition coefficient (Wildman–Crippen LogP) is 14.8. The van der Waals surface area contributed by atoms with E-state index >= 15 is 0 Å². The minimum Gasteiger partial charge on any atom is -0.436 e. The first-order chi connectivity index (χ1) is 27.6. The van der Waals surface area contributed by atoms with Crippen LogP contribution >= 0.6 is 11.3 Å². The number of fused-ring (bicyclic) bond motifs is 7. The number of thiophene rings is 1. The molecule has 11 rings (SSSR count). The van der Waals surface area contributed by atoms with Gasteiger partial charge in [0.15, 0.2) is 0 Å². The highest BCUT2D eigenvalue weighted by Gasteiger charge is 2.16. The fraction of sp³-hybridized carbons (Fsp3) is 0.0385. The van der Waals surface area contributed by atoms with Crippen molar-refractivity contribution in [2.45, 2.75) is 13.8 Å². The second-order valence-electron chi connectivity index (χ2n) is 14.6. The van der Waals surface area contributed by atoms with Crippen molar-refractivity contribution in [3.8, 4) is 55.6 Å². The van der Waals surface area contributed by atoms with Gasteiger partial charge in [-0.3, -0.25) is 0 Å². The second-order valence-corrected chi connectivity index (χ2v) is 15.7. The van der Waals surface area contributed by atoms with E-state index in [1.54, 1.807) is 0 Å². The predicted molar refractivity (Wildman–Crippen MR) is 236 cm³/mol. The van der Waals surface area contributed by atoms with E-state index in [4.69, 9.17) is 14.4 Å². The lowest BCUT2D eigenvalue weighted by Gasteiger charge is -2.14. The van der Waals surface area contributed by atoms with E-state index < -0.39 is 0 Å². The van der Waals surface area contributed by atoms with Gasteiger partial charge in [0.05, 0.1) is 11.0 Å². The summed E-state index contributed by atoms with van der Waals surface area (Å²) in [5.74, 6) is 0. The molecule has 3 aromatic heterocycles. The van der Waals surface area contributed by atoms with Crippen molar-refractivity contribution in [1.29, 1.82) is 0 Å². The van der Waals surface area contributed by atoms with Crippen molar-refractivity contribution in [2.75, 3.05) is 0 Å². The van der Waals surface area contributed by atoms with Crippen LogP contribution in [0.2, 0.25) is 0 Å². The fourth-order valence-electron chi connectivity index (χ4n) is 8.37. The Morgan fingerprint density at radius 2 is 1.05 bits per heavy atom. The van der Waals surface area contributed by atoms with Crippen molar-refractivity contribution < 1.29 is 4.42 Å². The summed E-state index contributed by atoms with van der Waals surface area (Å²) < 4.78 is 8.92. The highest BCUT2D eigenvalue weighted by atomic mass is 32.1. The van der Waals surface area contributed by atoms with Crippen LogP contribution in [0.1, 0.15) is 11.1 Å². The lowest BCUT2D eigenvalue weighted by Crippen LogP contribution is -1.91. The molecule has 0 aliphatic carbocycles. The molecule has 0 atom stereocenters. The molecule has 4 heteroatoms. The monoisotopic (exact) mass is 734 g/mol. The normalized spacial score (nSPS) is 11.8. The van der Waals surface area contributed by atoms with Crippen LogP contribution in [0.4, 0.5) is 0 Å². The first-order valence-corrected chi connectivity index (χ1v) is 19.8. The molecule has 0 saturated carbocycles. The smallest absolute Gasteiger partial charge is 0.246 e. The second kappa shape index (κ2) is 12.9. The topological polar surface area (TPSA) is 38.9 Å². The Morgan fingerprint density at radius 3 is 1.91 bits per heavy atom. The van der Waals surface area contributed by atoms with Crippen LogP contribution < -0.4 is 0 Å². The van der Waals surface area contributed by atoms with Crippen LogP contribution in [0, 0.1) is 13.8 Å². The molecule has 0 aliphatic rings. The Labute approximate surface area is 328 Å². The SMILES string of the molecule is Cc1ccccc1-c1cccc(-c2cccc(-c3ccc4nc5oc6ccc(-c7cccc(-c8cccc9c8sc8ccccc89)c7)cc6c5nc4c3)c2)c1C. The van der Waals surface area contributed by atoms with E-state index in [-0.39, 0.29) is 0 Å². The van der Waals surface area contributed by atoms with Gasteiger partial charge >= 0.3 is 0 Å². The molecule has 11 aromatic rings. The maximum absolute atomic E-state index is 6.29. The molecule has 0 radical (unpaired) electrons. The van der Waals surface area contributed by atoms with Gasteiger partial charge in [-0.2, -0.15) is 0 Å². The molecule has 0 amide bonds. The summed E-state index contributed by atoms with van der Waals surface area (Å²) in [5, 5.41) is 3.58. The van der Waals surface area contributed by atoms with E-state index in [1.807, 2.05) is 17.4 Å². The summed E-state index contributed by atoms with van der Waals surface area (Å²) in [6.45, 7) is 4.41. The number of rotatable bonds is 5. The van der Waals surface area contributed by atoms with Crippen LogP contribution in [0.3, 0.4) is 0 Å². The number of hydrogen-bond donors (Lipinski definition) is 0. The molecule has 8 aromatic carbocycles. The van der Waals surface area contributed by atoms with Crippen LogP contribution in [0.15, 0.2) is 174 Å². The third-order valence-corrected chi connectivity index (χ3v) is 12.5. The third-order valence-electron chi connectivity index (χ3n) is 11.3. The lowest BCUT2D eigenvalue weighted by atomic mass is 9.90. The molecule has 264 valence electrons. The van der Waals surface area contributed by atoms with Gasteiger partial charge in [0, 0.05) is 25.6 Å². The number of benzene rings is 8. The van der Waals surface area contributed by atoms with E-state index in [1.165, 1.54) is 64.7 Å². The summed E-state index contributed by atoms with van der Waals surface area (Å²) in [6, 6.07) is 60.9. The van der Waals surface area contributed by atoms with Gasteiger partial charge in [0.1, 0.15) is 11.1 Å². The Hall–Kier alpha value is -6.88. The van der Waals surface area contributed by atoms with Crippen LogP contribution in [-0.2, 0) is 0 Å². The standard InChI is InChI=1S/C52H34N2OS/c1-31-11-3-4-16-39(31)41-19-9-18-40(32(41)2)37-14-7-13-34(27-37)36-23-25-46-47(30-36)53-50-45-29-35(24-26-48(45)55-52(50)54-46)33-12-8-15-38(28-33)42-20-10-21-44-43-17-5-6-22-49(43)56-51(42)44/h3-30H,1-2H3. The Morgan fingerprint density at radius 1 is 0.429 bits per heavy atom. The van der Waals surface area contributed by atoms with Gasteiger partial charge in [-0.05, 0) is 123 Å². The summed E-state index contributed by atoms with van der Waals surface area (Å²) in [7, 11) is 0. The number of hydrogen-bond acceptors (Lipinski definition) is 4. The van der Waals surface area contributed by atoms with E-state index in [9.17, 15) is 0 Å². The number of furan rings is 1. The highest BCUT2D eigenvalue weighted by molar-refractivity contribution is 7.26. The molecular formula is C52H34N2OS. The third kappa shape index (κ3) is 5.33. The molecule has 0 bridgehead atoms. The Kier molecular flexibility index (Phi) is 7.48.